The number of hydrogen-bond donors (Lipinski definition) is 1. The molecule has 15 heavy (non-hydrogen) atoms. The van der Waals surface area contributed by atoms with Crippen molar-refractivity contribution in [3.8, 4) is 5.75 Å². The average molecular weight is 207 g/mol. The van der Waals surface area contributed by atoms with Gasteiger partial charge in [-0.2, -0.15) is 0 Å². The molecule has 0 aliphatic heterocycles. The van der Waals surface area contributed by atoms with Crippen molar-refractivity contribution in [2.45, 2.75) is 33.5 Å². The Bertz CT molecular complexity index is 336. The minimum absolute atomic E-state index is 0.371. The lowest BCUT2D eigenvalue weighted by Gasteiger charge is -2.17. The molecule has 0 saturated carbocycles. The number of aryl methyl sites for hydroxylation is 2. The zero-order valence-corrected chi connectivity index (χ0v) is 9.41. The number of benzene rings is 1. The van der Waals surface area contributed by atoms with E-state index in [1.807, 2.05) is 32.9 Å². The summed E-state index contributed by atoms with van der Waals surface area (Å²) in [6.45, 7) is 6.00. The van der Waals surface area contributed by atoms with Crippen LogP contribution in [0.5, 0.6) is 5.75 Å². The first-order valence-corrected chi connectivity index (χ1v) is 5.05. The predicted octanol–water partition coefficient (Wildman–Crippen LogP) is 3.04. The van der Waals surface area contributed by atoms with Gasteiger partial charge in [-0.25, -0.2) is 0 Å². The van der Waals surface area contributed by atoms with Crippen molar-refractivity contribution in [3.05, 3.63) is 29.3 Å². The summed E-state index contributed by atoms with van der Waals surface area (Å²) in [5, 5.41) is 6.86. The van der Waals surface area contributed by atoms with Crippen molar-refractivity contribution in [2.24, 2.45) is 0 Å². The number of rotatable bonds is 5. The highest BCUT2D eigenvalue weighted by atomic mass is 16.7. The highest BCUT2D eigenvalue weighted by molar-refractivity contribution is 5.41. The van der Waals surface area contributed by atoms with Crippen LogP contribution in [0.3, 0.4) is 0 Å². The van der Waals surface area contributed by atoms with Crippen LogP contribution < -0.4 is 4.74 Å². The smallest absolute Gasteiger partial charge is 0.241 e. The molecule has 0 saturated heterocycles. The largest absolute Gasteiger partial charge is 0.455 e. The summed E-state index contributed by atoms with van der Waals surface area (Å²) in [4.78, 5) is 0. The van der Waals surface area contributed by atoms with Gasteiger partial charge in [-0.1, -0.05) is 24.6 Å². The van der Waals surface area contributed by atoms with Crippen molar-refractivity contribution in [3.63, 3.8) is 0 Å². The number of hydrogen-bond acceptors (Lipinski definition) is 3. The fraction of sp³-hybridized carbons (Fsp3) is 0.417. The molecule has 1 aromatic rings. The maximum absolute atomic E-state index is 6.86. The van der Waals surface area contributed by atoms with E-state index in [0.717, 1.165) is 17.7 Å². The Morgan fingerprint density at radius 3 is 2.67 bits per heavy atom. The molecule has 0 aromatic heterocycles. The fourth-order valence-electron chi connectivity index (χ4n) is 1.36. The SMILES string of the molecule is CCC(OC=N)Oc1ccc(C)cc1C. The lowest BCUT2D eigenvalue weighted by atomic mass is 10.1. The zero-order valence-electron chi connectivity index (χ0n) is 9.41. The molecular formula is C12H17NO2. The van der Waals surface area contributed by atoms with E-state index >= 15 is 0 Å². The normalized spacial score (nSPS) is 11.9. The van der Waals surface area contributed by atoms with Crippen LogP contribution in [0.25, 0.3) is 0 Å². The molecule has 82 valence electrons. The van der Waals surface area contributed by atoms with Crippen molar-refractivity contribution in [2.75, 3.05) is 0 Å². The van der Waals surface area contributed by atoms with Gasteiger partial charge in [0.2, 0.25) is 6.29 Å². The Kier molecular flexibility index (Phi) is 4.16. The third-order valence-electron chi connectivity index (χ3n) is 2.14. The first-order chi connectivity index (χ1) is 7.17. The van der Waals surface area contributed by atoms with E-state index in [1.54, 1.807) is 0 Å². The highest BCUT2D eigenvalue weighted by Gasteiger charge is 2.08. The molecule has 0 aliphatic carbocycles. The quantitative estimate of drug-likeness (QED) is 0.458. The molecule has 0 amide bonds. The topological polar surface area (TPSA) is 42.3 Å². The van der Waals surface area contributed by atoms with E-state index in [9.17, 15) is 0 Å². The lowest BCUT2D eigenvalue weighted by Crippen LogP contribution is -2.19. The second kappa shape index (κ2) is 5.39. The van der Waals surface area contributed by atoms with E-state index in [0.29, 0.717) is 6.42 Å². The Hall–Kier alpha value is -1.51. The van der Waals surface area contributed by atoms with Crippen LogP contribution in [0.2, 0.25) is 0 Å². The Balaban J connectivity index is 2.74. The standard InChI is InChI=1S/C12H17NO2/c1-4-12(14-8-13)15-11-6-5-9(2)7-10(11)3/h5-8,12-13H,4H2,1-3H3. The third kappa shape index (κ3) is 3.27. The van der Waals surface area contributed by atoms with E-state index in [1.165, 1.54) is 5.56 Å². The predicted molar refractivity (Wildman–Crippen MR) is 60.5 cm³/mol. The second-order valence-corrected chi connectivity index (χ2v) is 3.48. The summed E-state index contributed by atoms with van der Waals surface area (Å²) >= 11 is 0. The second-order valence-electron chi connectivity index (χ2n) is 3.48. The van der Waals surface area contributed by atoms with E-state index < -0.39 is 0 Å². The van der Waals surface area contributed by atoms with Crippen molar-refractivity contribution >= 4 is 6.40 Å². The van der Waals surface area contributed by atoms with Crippen molar-refractivity contribution < 1.29 is 9.47 Å². The van der Waals surface area contributed by atoms with Gasteiger partial charge < -0.3 is 9.47 Å². The molecule has 0 fully saturated rings. The van der Waals surface area contributed by atoms with E-state index in [2.05, 4.69) is 6.07 Å². The summed E-state index contributed by atoms with van der Waals surface area (Å²) in [7, 11) is 0. The van der Waals surface area contributed by atoms with Gasteiger partial charge in [0.1, 0.15) is 5.75 Å². The van der Waals surface area contributed by atoms with Gasteiger partial charge >= 0.3 is 0 Å². The van der Waals surface area contributed by atoms with E-state index in [-0.39, 0.29) is 6.29 Å². The third-order valence-corrected chi connectivity index (χ3v) is 2.14. The molecule has 0 radical (unpaired) electrons. The summed E-state index contributed by atoms with van der Waals surface area (Å²) < 4.78 is 10.6. The molecule has 0 aliphatic rings. The summed E-state index contributed by atoms with van der Waals surface area (Å²) in [5.74, 6) is 0.814. The van der Waals surface area contributed by atoms with Crippen LogP contribution >= 0.6 is 0 Å². The lowest BCUT2D eigenvalue weighted by molar-refractivity contribution is -0.00261. The molecular weight excluding hydrogens is 190 g/mol. The number of nitrogens with one attached hydrogen (secondary N) is 1. The fourth-order valence-corrected chi connectivity index (χ4v) is 1.36. The Labute approximate surface area is 90.5 Å². The van der Waals surface area contributed by atoms with Crippen LogP contribution in [0.4, 0.5) is 0 Å². The van der Waals surface area contributed by atoms with Crippen LogP contribution in [0.15, 0.2) is 18.2 Å². The molecule has 0 bridgehead atoms. The van der Waals surface area contributed by atoms with Gasteiger partial charge in [-0.05, 0) is 25.5 Å². The highest BCUT2D eigenvalue weighted by Crippen LogP contribution is 2.20. The van der Waals surface area contributed by atoms with Gasteiger partial charge in [-0.15, -0.1) is 0 Å². The molecule has 3 heteroatoms. The van der Waals surface area contributed by atoms with Crippen LogP contribution in [0.1, 0.15) is 24.5 Å². The zero-order chi connectivity index (χ0) is 11.3. The molecule has 1 rings (SSSR count). The first kappa shape index (κ1) is 11.6. The molecule has 1 N–H and O–H groups in total. The number of ether oxygens (including phenoxy) is 2. The minimum Gasteiger partial charge on any atom is -0.455 e. The van der Waals surface area contributed by atoms with Gasteiger partial charge in [0, 0.05) is 6.42 Å². The van der Waals surface area contributed by atoms with Crippen LogP contribution in [-0.2, 0) is 4.74 Å². The molecule has 0 heterocycles. The van der Waals surface area contributed by atoms with Gasteiger partial charge in [0.25, 0.3) is 0 Å². The van der Waals surface area contributed by atoms with Gasteiger partial charge in [0.15, 0.2) is 6.40 Å². The maximum Gasteiger partial charge on any atom is 0.241 e. The molecule has 1 atom stereocenters. The monoisotopic (exact) mass is 207 g/mol. The van der Waals surface area contributed by atoms with E-state index in [4.69, 9.17) is 14.9 Å². The average Bonchev–Trinajstić information content (AvgIpc) is 2.21. The van der Waals surface area contributed by atoms with Crippen LogP contribution in [-0.4, -0.2) is 12.7 Å². The molecule has 1 aromatic carbocycles. The minimum atomic E-state index is -0.371. The Morgan fingerprint density at radius 2 is 2.13 bits per heavy atom. The maximum atomic E-state index is 6.86. The molecule has 3 nitrogen and oxygen atoms in total. The first-order valence-electron chi connectivity index (χ1n) is 5.05. The summed E-state index contributed by atoms with van der Waals surface area (Å²) in [5.41, 5.74) is 2.29. The summed E-state index contributed by atoms with van der Waals surface area (Å²) in [6, 6.07) is 5.99. The van der Waals surface area contributed by atoms with Gasteiger partial charge in [-0.3, -0.25) is 5.41 Å². The molecule has 0 spiro atoms. The molecule has 1 unspecified atom stereocenters. The summed E-state index contributed by atoms with van der Waals surface area (Å²) in [6.07, 6.45) is 1.25. The van der Waals surface area contributed by atoms with Crippen molar-refractivity contribution in [1.82, 2.24) is 0 Å². The van der Waals surface area contributed by atoms with Crippen LogP contribution in [0, 0.1) is 19.3 Å². The Morgan fingerprint density at radius 1 is 1.40 bits per heavy atom. The van der Waals surface area contributed by atoms with Gasteiger partial charge in [0.05, 0.1) is 0 Å². The van der Waals surface area contributed by atoms with Crippen molar-refractivity contribution in [1.29, 1.82) is 5.41 Å².